The normalized spacial score (nSPS) is 22.2. The van der Waals surface area contributed by atoms with Crippen molar-refractivity contribution in [3.05, 3.63) is 30.1 Å². The lowest BCUT2D eigenvalue weighted by Crippen LogP contribution is -2.49. The highest BCUT2D eigenvalue weighted by atomic mass is 32.2. The van der Waals surface area contributed by atoms with E-state index >= 15 is 0 Å². The Balaban J connectivity index is 1.43. The summed E-state index contributed by atoms with van der Waals surface area (Å²) in [5, 5.41) is 0. The van der Waals surface area contributed by atoms with E-state index in [9.17, 15) is 17.6 Å². The Hall–Kier alpha value is -1.75. The fourth-order valence-corrected chi connectivity index (χ4v) is 3.65. The molecule has 2 aliphatic rings. The Morgan fingerprint density at radius 1 is 1.22 bits per heavy atom. The van der Waals surface area contributed by atoms with Gasteiger partial charge in [-0.2, -0.15) is 8.42 Å². The van der Waals surface area contributed by atoms with Crippen molar-refractivity contribution < 1.29 is 26.5 Å². The zero-order valence-electron chi connectivity index (χ0n) is 15.2. The summed E-state index contributed by atoms with van der Waals surface area (Å²) in [6, 6.07) is 5.91. The fraction of sp³-hybridized carbons (Fsp3) is 0.588. The molecule has 1 aromatic rings. The lowest BCUT2D eigenvalue weighted by Gasteiger charge is -2.35. The van der Waals surface area contributed by atoms with Crippen LogP contribution >= 0.6 is 0 Å². The Bertz CT molecular complexity index is 768. The van der Waals surface area contributed by atoms with Crippen LogP contribution in [0.5, 0.6) is 0 Å². The van der Waals surface area contributed by atoms with E-state index in [1.807, 2.05) is 0 Å². The standard InChI is InChI=1S/C17H24FN3O5S/c1-27(23,24)25-10-9-19-5-7-20(8-6-19)12-16-13-21(17(22)26-16)15-4-2-3-14(18)11-15/h2-4,11,16H,5-10,12-13H2,1H3/t16-/m0/s1. The fourth-order valence-electron chi connectivity index (χ4n) is 3.27. The number of piperazine rings is 1. The number of nitrogens with zero attached hydrogens (tertiary/aromatic N) is 3. The molecule has 3 rings (SSSR count). The SMILES string of the molecule is CS(=O)(=O)OCCN1CCN(C[C@H]2CN(c3cccc(F)c3)C(=O)O2)CC1. The van der Waals surface area contributed by atoms with Crippen LogP contribution in [0.1, 0.15) is 0 Å². The van der Waals surface area contributed by atoms with Crippen LogP contribution in [0.25, 0.3) is 0 Å². The molecule has 2 saturated heterocycles. The molecule has 8 nitrogen and oxygen atoms in total. The number of carbonyl (C=O) groups excluding carboxylic acids is 1. The monoisotopic (exact) mass is 401 g/mol. The van der Waals surface area contributed by atoms with Crippen molar-refractivity contribution in [1.29, 1.82) is 0 Å². The molecule has 150 valence electrons. The van der Waals surface area contributed by atoms with E-state index in [0.717, 1.165) is 32.4 Å². The van der Waals surface area contributed by atoms with Crippen LogP contribution in [0.15, 0.2) is 24.3 Å². The number of benzene rings is 1. The molecular formula is C17H24FN3O5S. The number of carbonyl (C=O) groups is 1. The number of ether oxygens (including phenoxy) is 1. The second-order valence-electron chi connectivity index (χ2n) is 6.76. The number of rotatable bonds is 7. The molecule has 2 fully saturated rings. The maximum atomic E-state index is 13.4. The minimum atomic E-state index is -3.40. The molecule has 1 amide bonds. The molecule has 0 unspecified atom stereocenters. The minimum absolute atomic E-state index is 0.154. The maximum absolute atomic E-state index is 13.4. The van der Waals surface area contributed by atoms with Gasteiger partial charge in [-0.05, 0) is 18.2 Å². The molecule has 0 N–H and O–H groups in total. The molecule has 2 heterocycles. The predicted octanol–water partition coefficient (Wildman–Crippen LogP) is 0.745. The first-order valence-electron chi connectivity index (χ1n) is 8.83. The molecule has 0 aromatic heterocycles. The number of halogens is 1. The van der Waals surface area contributed by atoms with Crippen LogP contribution in [-0.2, 0) is 19.0 Å². The Labute approximate surface area is 158 Å². The van der Waals surface area contributed by atoms with Crippen LogP contribution < -0.4 is 4.90 Å². The summed E-state index contributed by atoms with van der Waals surface area (Å²) < 4.78 is 45.5. The lowest BCUT2D eigenvalue weighted by atomic mass is 10.2. The van der Waals surface area contributed by atoms with E-state index in [4.69, 9.17) is 8.92 Å². The third kappa shape index (κ3) is 5.86. The van der Waals surface area contributed by atoms with Crippen LogP contribution in [0.3, 0.4) is 0 Å². The predicted molar refractivity (Wildman–Crippen MR) is 97.7 cm³/mol. The van der Waals surface area contributed by atoms with E-state index in [1.54, 1.807) is 12.1 Å². The summed E-state index contributed by atoms with van der Waals surface area (Å²) in [4.78, 5) is 17.9. The van der Waals surface area contributed by atoms with Crippen LogP contribution in [-0.4, -0.2) is 89.1 Å². The van der Waals surface area contributed by atoms with Crippen LogP contribution in [0.4, 0.5) is 14.9 Å². The number of hydrogen-bond acceptors (Lipinski definition) is 7. The number of hydrogen-bond donors (Lipinski definition) is 0. The quantitative estimate of drug-likeness (QED) is 0.624. The summed E-state index contributed by atoms with van der Waals surface area (Å²) in [6.07, 6.45) is 0.323. The van der Waals surface area contributed by atoms with Gasteiger partial charge in [0.05, 0.1) is 25.1 Å². The summed E-state index contributed by atoms with van der Waals surface area (Å²) >= 11 is 0. The molecule has 0 spiro atoms. The first-order valence-corrected chi connectivity index (χ1v) is 10.6. The first kappa shape index (κ1) is 20.0. The second kappa shape index (κ2) is 8.51. The van der Waals surface area contributed by atoms with Gasteiger partial charge in [0.1, 0.15) is 11.9 Å². The number of amides is 1. The highest BCUT2D eigenvalue weighted by Gasteiger charge is 2.34. The van der Waals surface area contributed by atoms with Crippen molar-refractivity contribution >= 4 is 21.9 Å². The summed E-state index contributed by atoms with van der Waals surface area (Å²) in [5.74, 6) is -0.389. The zero-order chi connectivity index (χ0) is 19.4. The Morgan fingerprint density at radius 2 is 1.93 bits per heavy atom. The van der Waals surface area contributed by atoms with Crippen LogP contribution in [0, 0.1) is 5.82 Å². The van der Waals surface area contributed by atoms with Gasteiger partial charge in [0.25, 0.3) is 10.1 Å². The molecule has 0 bridgehead atoms. The zero-order valence-corrected chi connectivity index (χ0v) is 16.0. The van der Waals surface area contributed by atoms with Crippen molar-refractivity contribution in [2.75, 3.05) is 63.6 Å². The van der Waals surface area contributed by atoms with Gasteiger partial charge in [-0.25, -0.2) is 9.18 Å². The van der Waals surface area contributed by atoms with E-state index in [-0.39, 0.29) is 18.5 Å². The summed E-state index contributed by atoms with van der Waals surface area (Å²) in [6.45, 7) is 4.91. The number of anilines is 1. The van der Waals surface area contributed by atoms with Gasteiger partial charge in [0.15, 0.2) is 0 Å². The molecular weight excluding hydrogens is 377 g/mol. The average Bonchev–Trinajstić information content (AvgIpc) is 2.96. The molecule has 0 aliphatic carbocycles. The van der Waals surface area contributed by atoms with Gasteiger partial charge in [-0.3, -0.25) is 18.9 Å². The smallest absolute Gasteiger partial charge is 0.414 e. The highest BCUT2D eigenvalue weighted by Crippen LogP contribution is 2.23. The van der Waals surface area contributed by atoms with E-state index in [2.05, 4.69) is 9.80 Å². The topological polar surface area (TPSA) is 79.4 Å². The summed E-state index contributed by atoms with van der Waals surface area (Å²) in [5.41, 5.74) is 0.498. The largest absolute Gasteiger partial charge is 0.443 e. The average molecular weight is 401 g/mol. The molecule has 0 radical (unpaired) electrons. The molecule has 0 saturated carbocycles. The van der Waals surface area contributed by atoms with Gasteiger partial charge in [-0.1, -0.05) is 6.07 Å². The molecule has 1 aromatic carbocycles. The maximum Gasteiger partial charge on any atom is 0.414 e. The van der Waals surface area contributed by atoms with E-state index < -0.39 is 16.2 Å². The third-order valence-electron chi connectivity index (χ3n) is 4.63. The molecule has 10 heteroatoms. The number of cyclic esters (lactones) is 1. The molecule has 2 aliphatic heterocycles. The lowest BCUT2D eigenvalue weighted by molar-refractivity contribution is 0.0725. The van der Waals surface area contributed by atoms with Gasteiger partial charge >= 0.3 is 6.09 Å². The first-order chi connectivity index (χ1) is 12.8. The van der Waals surface area contributed by atoms with Crippen molar-refractivity contribution in [2.45, 2.75) is 6.10 Å². The van der Waals surface area contributed by atoms with Crippen LogP contribution in [0.2, 0.25) is 0 Å². The summed E-state index contributed by atoms with van der Waals surface area (Å²) in [7, 11) is -3.40. The van der Waals surface area contributed by atoms with Gasteiger partial charge in [-0.15, -0.1) is 0 Å². The molecule has 1 atom stereocenters. The minimum Gasteiger partial charge on any atom is -0.443 e. The van der Waals surface area contributed by atoms with E-state index in [0.29, 0.717) is 25.3 Å². The van der Waals surface area contributed by atoms with Gasteiger partial charge in [0, 0.05) is 39.3 Å². The van der Waals surface area contributed by atoms with Gasteiger partial charge < -0.3 is 4.74 Å². The highest BCUT2D eigenvalue weighted by molar-refractivity contribution is 7.85. The van der Waals surface area contributed by atoms with E-state index in [1.165, 1.54) is 17.0 Å². The Morgan fingerprint density at radius 3 is 2.59 bits per heavy atom. The van der Waals surface area contributed by atoms with Crippen molar-refractivity contribution in [3.63, 3.8) is 0 Å². The van der Waals surface area contributed by atoms with Crippen molar-refractivity contribution in [1.82, 2.24) is 9.80 Å². The third-order valence-corrected chi connectivity index (χ3v) is 5.22. The van der Waals surface area contributed by atoms with Crippen molar-refractivity contribution in [3.8, 4) is 0 Å². The van der Waals surface area contributed by atoms with Gasteiger partial charge in [0.2, 0.25) is 0 Å². The van der Waals surface area contributed by atoms with Crippen molar-refractivity contribution in [2.24, 2.45) is 0 Å². The second-order valence-corrected chi connectivity index (χ2v) is 8.41. The molecule has 27 heavy (non-hydrogen) atoms. The Kier molecular flexibility index (Phi) is 6.30.